The summed E-state index contributed by atoms with van der Waals surface area (Å²) < 4.78 is 36.8. The second kappa shape index (κ2) is 7.69. The molecule has 0 saturated heterocycles. The molecule has 5 heteroatoms. The zero-order valence-electron chi connectivity index (χ0n) is 18.4. The molecule has 0 spiro atoms. The highest BCUT2D eigenvalue weighted by atomic mass is 32.2. The van der Waals surface area contributed by atoms with Gasteiger partial charge in [-0.1, -0.05) is 44.0 Å². The van der Waals surface area contributed by atoms with E-state index in [0.717, 1.165) is 43.4 Å². The maximum absolute atomic E-state index is 12.8. The fourth-order valence-corrected chi connectivity index (χ4v) is 6.89. The number of fused-ring (bicyclic) bond motifs is 3. The van der Waals surface area contributed by atoms with Crippen molar-refractivity contribution in [2.24, 2.45) is 11.3 Å². The van der Waals surface area contributed by atoms with Gasteiger partial charge in [-0.2, -0.15) is 8.42 Å². The van der Waals surface area contributed by atoms with Crippen LogP contribution in [0.5, 0.6) is 5.75 Å². The SMILES string of the molecule is COc1ccc2c(c1)[C@@]1(C)CCC[C@](C)(COS(=O)(=O)c3ccc(C)cc3)[C@@H]1CC2. The topological polar surface area (TPSA) is 52.6 Å². The number of aryl methyl sites for hydroxylation is 2. The van der Waals surface area contributed by atoms with E-state index in [0.29, 0.717) is 5.92 Å². The minimum absolute atomic E-state index is 0.00606. The molecular formula is C25H32O4S. The van der Waals surface area contributed by atoms with E-state index in [4.69, 9.17) is 8.92 Å². The fourth-order valence-electron chi connectivity index (χ4n) is 5.86. The molecule has 3 atom stereocenters. The predicted octanol–water partition coefficient (Wildman–Crippen LogP) is 5.42. The van der Waals surface area contributed by atoms with Crippen LogP contribution in [-0.4, -0.2) is 22.1 Å². The van der Waals surface area contributed by atoms with Gasteiger partial charge in [0.1, 0.15) is 5.75 Å². The summed E-state index contributed by atoms with van der Waals surface area (Å²) in [6.45, 7) is 6.73. The van der Waals surface area contributed by atoms with Crippen molar-refractivity contribution in [3.8, 4) is 5.75 Å². The summed E-state index contributed by atoms with van der Waals surface area (Å²) in [7, 11) is -2.06. The molecule has 2 aliphatic carbocycles. The third-order valence-corrected chi connectivity index (χ3v) is 8.82. The van der Waals surface area contributed by atoms with Crippen LogP contribution in [0.3, 0.4) is 0 Å². The van der Waals surface area contributed by atoms with Crippen LogP contribution < -0.4 is 4.74 Å². The summed E-state index contributed by atoms with van der Waals surface area (Å²) in [4.78, 5) is 0.231. The van der Waals surface area contributed by atoms with Crippen molar-refractivity contribution in [3.63, 3.8) is 0 Å². The lowest BCUT2D eigenvalue weighted by atomic mass is 9.50. The van der Waals surface area contributed by atoms with E-state index in [2.05, 4.69) is 26.0 Å². The van der Waals surface area contributed by atoms with Crippen LogP contribution in [0.2, 0.25) is 0 Å². The van der Waals surface area contributed by atoms with Crippen LogP contribution in [0.1, 0.15) is 56.2 Å². The van der Waals surface area contributed by atoms with Gasteiger partial charge in [0, 0.05) is 0 Å². The van der Waals surface area contributed by atoms with E-state index in [1.54, 1.807) is 31.4 Å². The molecule has 2 aliphatic rings. The van der Waals surface area contributed by atoms with Crippen LogP contribution in [0.4, 0.5) is 0 Å². The highest BCUT2D eigenvalue weighted by Gasteiger charge is 2.52. The van der Waals surface area contributed by atoms with Gasteiger partial charge < -0.3 is 4.74 Å². The van der Waals surface area contributed by atoms with Crippen LogP contribution >= 0.6 is 0 Å². The summed E-state index contributed by atoms with van der Waals surface area (Å²) >= 11 is 0. The van der Waals surface area contributed by atoms with E-state index in [1.165, 1.54) is 11.1 Å². The molecule has 0 aliphatic heterocycles. The van der Waals surface area contributed by atoms with Gasteiger partial charge in [-0.15, -0.1) is 0 Å². The van der Waals surface area contributed by atoms with E-state index < -0.39 is 10.1 Å². The molecular weight excluding hydrogens is 396 g/mol. The van der Waals surface area contributed by atoms with Crippen LogP contribution in [0, 0.1) is 18.3 Å². The van der Waals surface area contributed by atoms with E-state index >= 15 is 0 Å². The number of rotatable bonds is 5. The summed E-state index contributed by atoms with van der Waals surface area (Å²) in [5, 5.41) is 0. The Labute approximate surface area is 180 Å². The number of benzene rings is 2. The van der Waals surface area contributed by atoms with Gasteiger partial charge in [-0.25, -0.2) is 0 Å². The number of hydrogen-bond acceptors (Lipinski definition) is 4. The van der Waals surface area contributed by atoms with Crippen molar-refractivity contribution < 1.29 is 17.3 Å². The first-order valence-corrected chi connectivity index (χ1v) is 12.2. The molecule has 0 unspecified atom stereocenters. The van der Waals surface area contributed by atoms with Gasteiger partial charge >= 0.3 is 0 Å². The number of methoxy groups -OCH3 is 1. The molecule has 2 aromatic rings. The quantitative estimate of drug-likeness (QED) is 0.597. The molecule has 0 radical (unpaired) electrons. The van der Waals surface area contributed by atoms with Crippen LogP contribution in [-0.2, 0) is 26.1 Å². The molecule has 30 heavy (non-hydrogen) atoms. The second-order valence-corrected chi connectivity index (χ2v) is 11.2. The smallest absolute Gasteiger partial charge is 0.296 e. The maximum atomic E-state index is 12.8. The van der Waals surface area contributed by atoms with E-state index in [9.17, 15) is 8.42 Å². The number of ether oxygens (including phenoxy) is 1. The fraction of sp³-hybridized carbons (Fsp3) is 0.520. The predicted molar refractivity (Wildman–Crippen MR) is 118 cm³/mol. The van der Waals surface area contributed by atoms with Gasteiger partial charge in [0.25, 0.3) is 10.1 Å². The molecule has 0 aromatic heterocycles. The Balaban J connectivity index is 1.61. The second-order valence-electron chi connectivity index (χ2n) is 9.57. The summed E-state index contributed by atoms with van der Waals surface area (Å²) in [6, 6.07) is 13.3. The molecule has 2 aromatic carbocycles. The lowest BCUT2D eigenvalue weighted by Gasteiger charge is -2.55. The van der Waals surface area contributed by atoms with E-state index in [-0.39, 0.29) is 22.3 Å². The molecule has 162 valence electrons. The maximum Gasteiger partial charge on any atom is 0.296 e. The molecule has 4 rings (SSSR count). The van der Waals surface area contributed by atoms with Gasteiger partial charge in [0.15, 0.2) is 0 Å². The van der Waals surface area contributed by atoms with Gasteiger partial charge in [-0.05, 0) is 84.7 Å². The van der Waals surface area contributed by atoms with Gasteiger partial charge in [0.2, 0.25) is 0 Å². The Morgan fingerprint density at radius 2 is 1.80 bits per heavy atom. The molecule has 1 saturated carbocycles. The Kier molecular flexibility index (Phi) is 5.48. The third-order valence-electron chi connectivity index (χ3n) is 7.54. The largest absolute Gasteiger partial charge is 0.497 e. The van der Waals surface area contributed by atoms with Crippen molar-refractivity contribution in [1.29, 1.82) is 0 Å². The summed E-state index contributed by atoms with van der Waals surface area (Å²) in [5.74, 6) is 1.26. The average Bonchev–Trinajstić information content (AvgIpc) is 2.72. The first-order valence-electron chi connectivity index (χ1n) is 10.8. The molecule has 0 amide bonds. The Bertz CT molecular complexity index is 1030. The monoisotopic (exact) mass is 428 g/mol. The van der Waals surface area contributed by atoms with Crippen molar-refractivity contribution in [2.75, 3.05) is 13.7 Å². The minimum Gasteiger partial charge on any atom is -0.497 e. The molecule has 0 N–H and O–H groups in total. The van der Waals surface area contributed by atoms with Crippen LogP contribution in [0.15, 0.2) is 47.4 Å². The van der Waals surface area contributed by atoms with E-state index in [1.807, 2.05) is 13.0 Å². The molecule has 0 heterocycles. The first-order chi connectivity index (χ1) is 14.2. The van der Waals surface area contributed by atoms with Crippen molar-refractivity contribution in [2.45, 2.75) is 63.2 Å². The lowest BCUT2D eigenvalue weighted by molar-refractivity contribution is -0.00846. The zero-order valence-corrected chi connectivity index (χ0v) is 19.2. The Morgan fingerprint density at radius 3 is 2.50 bits per heavy atom. The van der Waals surface area contributed by atoms with Crippen molar-refractivity contribution >= 4 is 10.1 Å². The van der Waals surface area contributed by atoms with Crippen molar-refractivity contribution in [3.05, 3.63) is 59.2 Å². The summed E-state index contributed by atoms with van der Waals surface area (Å²) in [6.07, 6.45) is 5.22. The van der Waals surface area contributed by atoms with Gasteiger partial charge in [0.05, 0.1) is 18.6 Å². The molecule has 0 bridgehead atoms. The highest BCUT2D eigenvalue weighted by Crippen LogP contribution is 2.57. The Morgan fingerprint density at radius 1 is 1.07 bits per heavy atom. The first kappa shape index (κ1) is 21.4. The third kappa shape index (κ3) is 3.67. The lowest BCUT2D eigenvalue weighted by Crippen LogP contribution is -2.51. The minimum atomic E-state index is -3.76. The van der Waals surface area contributed by atoms with Crippen LogP contribution in [0.25, 0.3) is 0 Å². The normalized spacial score (nSPS) is 28.5. The standard InChI is InChI=1S/C25H32O4S/c1-18-6-11-21(12-7-18)30(26,27)29-17-24(2)14-5-15-25(3)22-16-20(28-4)10-8-19(22)9-13-23(24)25/h6-8,10-12,16,23H,5,9,13-15,17H2,1-4H3/t23-,24+,25+/m0/s1. The molecule has 1 fully saturated rings. The Hall–Kier alpha value is -1.85. The van der Waals surface area contributed by atoms with Gasteiger partial charge in [-0.3, -0.25) is 4.18 Å². The van der Waals surface area contributed by atoms with Crippen molar-refractivity contribution in [1.82, 2.24) is 0 Å². The molecule has 4 nitrogen and oxygen atoms in total. The zero-order chi connectivity index (χ0) is 21.6. The highest BCUT2D eigenvalue weighted by molar-refractivity contribution is 7.86. The number of hydrogen-bond donors (Lipinski definition) is 0. The summed E-state index contributed by atoms with van der Waals surface area (Å²) in [5.41, 5.74) is 3.61. The average molecular weight is 429 g/mol.